The molecule has 6 aromatic rings. The summed E-state index contributed by atoms with van der Waals surface area (Å²) in [5.41, 5.74) is 2.81. The van der Waals surface area contributed by atoms with Crippen LogP contribution in [0.15, 0.2) is 97.1 Å². The molecule has 2 fully saturated rings. The monoisotopic (exact) mass is 776 g/mol. The molecule has 2 aliphatic rings. The standard InChI is InChI=1S/C40H33FN6O8S/c1-46-32-20-28(12-14-30(32)38(44-46)31-15-16-34(48)43-40(31)51)55-27-10-7-23(8-11-27)17-35(49)42-26-9-13-29-25(18-26)19-33(54-22-24-5-3-2-4-6-24)39(37(29)41)47-21-36(50)45-56(47,52)53/h2-14,18-20,31H,15-17,21-22H2,1H3,(H,42,49)(H,45,50)(H,43,48,51). The van der Waals surface area contributed by atoms with Crippen LogP contribution in [0.3, 0.4) is 0 Å². The number of rotatable bonds is 10. The molecule has 0 spiro atoms. The SMILES string of the molecule is Cn1nc(C2CCC(=O)NC2=O)c2ccc(Oc3ccc(CC(=O)Nc4ccc5c(F)c(N6CC(=O)NS6(=O)=O)c(OCc6ccccc6)cc5c4)cc3)cc21. The predicted molar refractivity (Wildman–Crippen MR) is 204 cm³/mol. The van der Waals surface area contributed by atoms with Crippen LogP contribution in [0.25, 0.3) is 21.7 Å². The van der Waals surface area contributed by atoms with Gasteiger partial charge in [-0.05, 0) is 71.5 Å². The van der Waals surface area contributed by atoms with E-state index >= 15 is 4.39 Å². The molecule has 2 saturated heterocycles. The maximum absolute atomic E-state index is 16.2. The quantitative estimate of drug-likeness (QED) is 0.159. The normalized spacial score (nSPS) is 16.5. The Hall–Kier alpha value is -6.81. The number of carbonyl (C=O) groups excluding carboxylic acids is 4. The van der Waals surface area contributed by atoms with Crippen LogP contribution in [0, 0.1) is 5.82 Å². The van der Waals surface area contributed by atoms with Crippen molar-refractivity contribution < 1.29 is 41.5 Å². The van der Waals surface area contributed by atoms with Crippen LogP contribution in [0.4, 0.5) is 15.8 Å². The number of halogens is 1. The topological polar surface area (TPSA) is 178 Å². The number of hydrogen-bond acceptors (Lipinski definition) is 9. The van der Waals surface area contributed by atoms with E-state index in [1.54, 1.807) is 72.4 Å². The Bertz CT molecular complexity index is 2690. The molecule has 3 heterocycles. The van der Waals surface area contributed by atoms with E-state index in [2.05, 4.69) is 15.7 Å². The summed E-state index contributed by atoms with van der Waals surface area (Å²) in [5.74, 6) is -2.21. The summed E-state index contributed by atoms with van der Waals surface area (Å²) in [6.45, 7) is -0.606. The highest BCUT2D eigenvalue weighted by Gasteiger charge is 2.38. The molecule has 2 aliphatic heterocycles. The molecule has 14 nitrogen and oxygen atoms in total. The molecule has 0 aliphatic carbocycles. The van der Waals surface area contributed by atoms with Crippen LogP contribution in [0.5, 0.6) is 17.2 Å². The van der Waals surface area contributed by atoms with Crippen molar-refractivity contribution in [2.24, 2.45) is 7.05 Å². The number of aryl methyl sites for hydroxylation is 1. The number of hydrogen-bond donors (Lipinski definition) is 3. The van der Waals surface area contributed by atoms with Gasteiger partial charge in [-0.25, -0.2) is 13.4 Å². The molecule has 1 atom stereocenters. The number of aromatic nitrogens is 2. The number of piperidine rings is 1. The Kier molecular flexibility index (Phi) is 9.33. The highest BCUT2D eigenvalue weighted by molar-refractivity contribution is 7.92. The zero-order chi connectivity index (χ0) is 39.1. The van der Waals surface area contributed by atoms with E-state index in [9.17, 15) is 27.6 Å². The van der Waals surface area contributed by atoms with Gasteiger partial charge < -0.3 is 14.8 Å². The van der Waals surface area contributed by atoms with Gasteiger partial charge in [0.15, 0.2) is 5.82 Å². The number of ether oxygens (including phenoxy) is 2. The van der Waals surface area contributed by atoms with Gasteiger partial charge in [-0.15, -0.1) is 0 Å². The smallest absolute Gasteiger partial charge is 0.326 e. The lowest BCUT2D eigenvalue weighted by Gasteiger charge is -2.21. The second-order valence-electron chi connectivity index (χ2n) is 13.4. The average molecular weight is 777 g/mol. The van der Waals surface area contributed by atoms with Crippen molar-refractivity contribution in [3.63, 3.8) is 0 Å². The summed E-state index contributed by atoms with van der Waals surface area (Å²) < 4.78 is 57.8. The fourth-order valence-electron chi connectivity index (χ4n) is 6.87. The summed E-state index contributed by atoms with van der Waals surface area (Å²) in [6.07, 6.45) is 0.673. The van der Waals surface area contributed by atoms with Crippen LogP contribution < -0.4 is 29.1 Å². The average Bonchev–Trinajstić information content (AvgIpc) is 3.63. The number of nitrogens with zero attached hydrogens (tertiary/aromatic N) is 3. The molecule has 56 heavy (non-hydrogen) atoms. The first-order valence-corrected chi connectivity index (χ1v) is 19.0. The minimum Gasteiger partial charge on any atom is -0.487 e. The van der Waals surface area contributed by atoms with Crippen LogP contribution in [-0.4, -0.2) is 48.4 Å². The Morgan fingerprint density at radius 3 is 2.39 bits per heavy atom. The number of carbonyl (C=O) groups is 4. The second kappa shape index (κ2) is 14.4. The highest BCUT2D eigenvalue weighted by atomic mass is 32.2. The van der Waals surface area contributed by atoms with Crippen molar-refractivity contribution in [1.82, 2.24) is 19.8 Å². The fraction of sp³-hybridized carbons (Fsp3) is 0.175. The Morgan fingerprint density at radius 1 is 0.911 bits per heavy atom. The maximum atomic E-state index is 16.2. The first-order chi connectivity index (χ1) is 26.9. The molecule has 0 saturated carbocycles. The van der Waals surface area contributed by atoms with Crippen LogP contribution >= 0.6 is 0 Å². The summed E-state index contributed by atoms with van der Waals surface area (Å²) in [5, 5.41) is 11.0. The van der Waals surface area contributed by atoms with E-state index < -0.39 is 40.1 Å². The zero-order valence-corrected chi connectivity index (χ0v) is 30.6. The lowest BCUT2D eigenvalue weighted by atomic mass is 9.93. The van der Waals surface area contributed by atoms with E-state index in [0.29, 0.717) is 44.6 Å². The third kappa shape index (κ3) is 7.21. The van der Waals surface area contributed by atoms with Gasteiger partial charge in [-0.2, -0.15) is 13.5 Å². The fourth-order valence-corrected chi connectivity index (χ4v) is 8.03. The number of imide groups is 1. The Labute approximate surface area is 319 Å². The van der Waals surface area contributed by atoms with Gasteiger partial charge in [0, 0.05) is 36.0 Å². The molecule has 4 amide bonds. The van der Waals surface area contributed by atoms with Crippen molar-refractivity contribution in [2.45, 2.75) is 31.8 Å². The van der Waals surface area contributed by atoms with Crippen molar-refractivity contribution in [3.8, 4) is 17.2 Å². The van der Waals surface area contributed by atoms with E-state index in [0.717, 1.165) is 16.5 Å². The minimum absolute atomic E-state index is 0.00124. The Balaban J connectivity index is 0.960. The molecule has 1 unspecified atom stereocenters. The van der Waals surface area contributed by atoms with E-state index in [-0.39, 0.29) is 48.3 Å². The number of anilines is 2. The van der Waals surface area contributed by atoms with Gasteiger partial charge in [-0.1, -0.05) is 42.5 Å². The lowest BCUT2D eigenvalue weighted by Crippen LogP contribution is -2.39. The summed E-state index contributed by atoms with van der Waals surface area (Å²) in [4.78, 5) is 49.3. The maximum Gasteiger partial charge on any atom is 0.326 e. The molecule has 0 bridgehead atoms. The van der Waals surface area contributed by atoms with Gasteiger partial charge in [0.2, 0.25) is 17.7 Å². The lowest BCUT2D eigenvalue weighted by molar-refractivity contribution is -0.134. The van der Waals surface area contributed by atoms with E-state index in [4.69, 9.17) is 9.47 Å². The van der Waals surface area contributed by atoms with Crippen molar-refractivity contribution >= 4 is 66.9 Å². The Morgan fingerprint density at radius 2 is 1.66 bits per heavy atom. The number of fused-ring (bicyclic) bond motifs is 2. The van der Waals surface area contributed by atoms with Crippen molar-refractivity contribution in [2.75, 3.05) is 16.2 Å². The van der Waals surface area contributed by atoms with Crippen LogP contribution in [0.1, 0.15) is 35.6 Å². The van der Waals surface area contributed by atoms with E-state index in [1.165, 1.54) is 18.2 Å². The molecule has 3 N–H and O–H groups in total. The number of nitrogens with one attached hydrogen (secondary N) is 3. The third-order valence-corrected chi connectivity index (χ3v) is 10.9. The van der Waals surface area contributed by atoms with Crippen molar-refractivity contribution in [3.05, 3.63) is 120 Å². The molecule has 16 heteroatoms. The van der Waals surface area contributed by atoms with Gasteiger partial charge in [0.05, 0.1) is 23.5 Å². The second-order valence-corrected chi connectivity index (χ2v) is 15.0. The first kappa shape index (κ1) is 36.2. The van der Waals surface area contributed by atoms with E-state index in [1.807, 2.05) is 22.9 Å². The minimum atomic E-state index is -4.35. The summed E-state index contributed by atoms with van der Waals surface area (Å²) in [7, 11) is -2.57. The third-order valence-electron chi connectivity index (χ3n) is 9.55. The molecule has 1 aromatic heterocycles. The molecule has 8 rings (SSSR count). The zero-order valence-electron chi connectivity index (χ0n) is 29.7. The van der Waals surface area contributed by atoms with Gasteiger partial charge >= 0.3 is 10.2 Å². The van der Waals surface area contributed by atoms with Crippen molar-refractivity contribution in [1.29, 1.82) is 0 Å². The molecular weight excluding hydrogens is 744 g/mol. The molecular formula is C40H33FN6O8S. The molecule has 284 valence electrons. The van der Waals surface area contributed by atoms with Gasteiger partial charge in [0.25, 0.3) is 5.91 Å². The molecule has 5 aromatic carbocycles. The summed E-state index contributed by atoms with van der Waals surface area (Å²) in [6, 6.07) is 27.4. The number of benzene rings is 5. The molecule has 0 radical (unpaired) electrons. The van der Waals surface area contributed by atoms with Gasteiger partial charge in [0.1, 0.15) is 36.1 Å². The van der Waals surface area contributed by atoms with Crippen LogP contribution in [-0.2, 0) is 49.5 Å². The largest absolute Gasteiger partial charge is 0.487 e. The number of amides is 4. The highest BCUT2D eigenvalue weighted by Crippen LogP contribution is 2.40. The predicted octanol–water partition coefficient (Wildman–Crippen LogP) is 5.12. The van der Waals surface area contributed by atoms with Gasteiger partial charge in [-0.3, -0.25) is 29.2 Å². The first-order valence-electron chi connectivity index (χ1n) is 17.5. The van der Waals surface area contributed by atoms with Crippen LogP contribution in [0.2, 0.25) is 0 Å². The summed E-state index contributed by atoms with van der Waals surface area (Å²) >= 11 is 0.